The maximum absolute atomic E-state index is 4.73. The molecule has 0 unspecified atom stereocenters. The first-order valence-electron chi connectivity index (χ1n) is 5.88. The van der Waals surface area contributed by atoms with Gasteiger partial charge in [-0.1, -0.05) is 34.1 Å². The normalized spacial score (nSPS) is 11.7. The highest BCUT2D eigenvalue weighted by atomic mass is 79.9. The molecule has 0 atom stereocenters. The number of halogens is 2. The van der Waals surface area contributed by atoms with Crippen molar-refractivity contribution >= 4 is 64.7 Å². The van der Waals surface area contributed by atoms with Gasteiger partial charge in [0.15, 0.2) is 0 Å². The fraction of sp³-hybridized carbons (Fsp3) is 0. The molecule has 2 heterocycles. The van der Waals surface area contributed by atoms with E-state index < -0.39 is 0 Å². The van der Waals surface area contributed by atoms with Gasteiger partial charge in [0.2, 0.25) is 0 Å². The van der Waals surface area contributed by atoms with E-state index in [1.165, 1.54) is 5.39 Å². The maximum atomic E-state index is 4.73. The molecule has 0 aliphatic carbocycles. The number of fused-ring (bicyclic) bond motifs is 4. The second kappa shape index (κ2) is 4.05. The van der Waals surface area contributed by atoms with Crippen molar-refractivity contribution in [2.24, 2.45) is 0 Å². The third-order valence-electron chi connectivity index (χ3n) is 3.31. The average Bonchev–Trinajstić information content (AvgIpc) is 2.74. The van der Waals surface area contributed by atoms with Crippen molar-refractivity contribution in [2.75, 3.05) is 0 Å². The summed E-state index contributed by atoms with van der Waals surface area (Å²) in [5.41, 5.74) is 3.02. The molecule has 0 fully saturated rings. The first-order chi connectivity index (χ1) is 9.22. The fourth-order valence-electron chi connectivity index (χ4n) is 2.46. The fourth-order valence-corrected chi connectivity index (χ4v) is 3.81. The lowest BCUT2D eigenvalue weighted by Gasteiger charge is -2.02. The van der Waals surface area contributed by atoms with Crippen LogP contribution < -0.4 is 0 Å². The molecule has 2 aromatic heterocycles. The summed E-state index contributed by atoms with van der Waals surface area (Å²) in [7, 11) is 0. The van der Waals surface area contributed by atoms with Crippen LogP contribution in [0.4, 0.5) is 0 Å². The highest BCUT2D eigenvalue weighted by molar-refractivity contribution is 9.11. The molecule has 4 heteroatoms. The molecule has 0 saturated carbocycles. The van der Waals surface area contributed by atoms with Crippen LogP contribution in [0.2, 0.25) is 0 Å². The van der Waals surface area contributed by atoms with Gasteiger partial charge in [-0.3, -0.25) is 0 Å². The van der Waals surface area contributed by atoms with Gasteiger partial charge in [0.25, 0.3) is 0 Å². The second-order valence-corrected chi connectivity index (χ2v) is 6.28. The van der Waals surface area contributed by atoms with Crippen LogP contribution in [-0.4, -0.2) is 9.97 Å². The van der Waals surface area contributed by atoms with Crippen molar-refractivity contribution in [3.63, 3.8) is 0 Å². The largest absolute Gasteiger partial charge is 0.339 e. The monoisotopic (exact) mass is 374 g/mol. The number of para-hydroxylation sites is 1. The number of benzene rings is 2. The van der Waals surface area contributed by atoms with E-state index >= 15 is 0 Å². The quantitative estimate of drug-likeness (QED) is 0.438. The Labute approximate surface area is 126 Å². The summed E-state index contributed by atoms with van der Waals surface area (Å²) in [4.78, 5) is 8.10. The minimum atomic E-state index is 0.928. The third kappa shape index (κ3) is 1.70. The Bertz CT molecular complexity index is 941. The van der Waals surface area contributed by atoms with Crippen LogP contribution in [0.25, 0.3) is 32.8 Å². The number of hydrogen-bond donors (Lipinski definition) is 1. The summed E-state index contributed by atoms with van der Waals surface area (Å²) in [6.07, 6.45) is 0. The minimum Gasteiger partial charge on any atom is -0.339 e. The van der Waals surface area contributed by atoms with Crippen molar-refractivity contribution in [2.45, 2.75) is 0 Å². The van der Waals surface area contributed by atoms with E-state index in [1.54, 1.807) is 0 Å². The molecule has 0 aliphatic rings. The summed E-state index contributed by atoms with van der Waals surface area (Å²) < 4.78 is 2.05. The summed E-state index contributed by atoms with van der Waals surface area (Å²) in [5, 5.41) is 3.50. The molecular weight excluding hydrogens is 368 g/mol. The van der Waals surface area contributed by atoms with Gasteiger partial charge >= 0.3 is 0 Å². The second-order valence-electron chi connectivity index (χ2n) is 4.51. The third-order valence-corrected chi connectivity index (χ3v) is 4.37. The molecule has 92 valence electrons. The molecule has 4 rings (SSSR count). The molecule has 19 heavy (non-hydrogen) atoms. The summed E-state index contributed by atoms with van der Waals surface area (Å²) in [6, 6.07) is 14.6. The van der Waals surface area contributed by atoms with Gasteiger partial charge in [-0.25, -0.2) is 4.98 Å². The average molecular weight is 376 g/mol. The topological polar surface area (TPSA) is 28.7 Å². The van der Waals surface area contributed by atoms with Crippen molar-refractivity contribution in [3.05, 3.63) is 51.4 Å². The predicted octanol–water partition coefficient (Wildman–Crippen LogP) is 5.39. The smallest absolute Gasteiger partial charge is 0.139 e. The maximum Gasteiger partial charge on any atom is 0.139 e. The number of aromatic nitrogens is 2. The number of nitrogens with one attached hydrogen (secondary N) is 1. The SMILES string of the molecule is Brc1cc(Br)c2nc3[nH]c4ccccc4c3cc2c1. The standard InChI is InChI=1S/C15H8Br2N2/c16-9-5-8-6-11-10-3-1-2-4-13(10)18-15(11)19-14(8)12(17)7-9/h1-7H,(H,18,19). The Morgan fingerprint density at radius 2 is 1.79 bits per heavy atom. The van der Waals surface area contributed by atoms with Crippen LogP contribution in [0.1, 0.15) is 0 Å². The van der Waals surface area contributed by atoms with Crippen LogP contribution >= 0.6 is 31.9 Å². The van der Waals surface area contributed by atoms with E-state index in [0.717, 1.165) is 36.4 Å². The number of H-pyrrole nitrogens is 1. The van der Waals surface area contributed by atoms with Gasteiger partial charge in [0, 0.05) is 30.6 Å². The summed E-state index contributed by atoms with van der Waals surface area (Å²) in [6.45, 7) is 0. The molecule has 0 amide bonds. The van der Waals surface area contributed by atoms with E-state index in [0.29, 0.717) is 0 Å². The van der Waals surface area contributed by atoms with Gasteiger partial charge < -0.3 is 4.98 Å². The number of aromatic amines is 1. The molecule has 2 aromatic carbocycles. The van der Waals surface area contributed by atoms with Gasteiger partial charge in [-0.15, -0.1) is 0 Å². The summed E-state index contributed by atoms with van der Waals surface area (Å²) in [5.74, 6) is 0. The van der Waals surface area contributed by atoms with Crippen LogP contribution in [0, 0.1) is 0 Å². The Hall–Kier alpha value is -1.39. The molecule has 1 N–H and O–H groups in total. The van der Waals surface area contributed by atoms with Crippen molar-refractivity contribution in [1.29, 1.82) is 0 Å². The Balaban J connectivity index is 2.25. The van der Waals surface area contributed by atoms with Crippen LogP contribution in [-0.2, 0) is 0 Å². The molecule has 0 spiro atoms. The van der Waals surface area contributed by atoms with E-state index in [-0.39, 0.29) is 0 Å². The Morgan fingerprint density at radius 1 is 0.947 bits per heavy atom. The molecule has 0 bridgehead atoms. The van der Waals surface area contributed by atoms with E-state index in [9.17, 15) is 0 Å². The zero-order valence-corrected chi connectivity index (χ0v) is 12.9. The van der Waals surface area contributed by atoms with Crippen molar-refractivity contribution in [3.8, 4) is 0 Å². The van der Waals surface area contributed by atoms with Gasteiger partial charge in [-0.05, 0) is 40.2 Å². The van der Waals surface area contributed by atoms with Crippen molar-refractivity contribution in [1.82, 2.24) is 9.97 Å². The lowest BCUT2D eigenvalue weighted by molar-refractivity contribution is 1.39. The lowest BCUT2D eigenvalue weighted by Crippen LogP contribution is -1.83. The first kappa shape index (κ1) is 11.4. The molecule has 0 aliphatic heterocycles. The van der Waals surface area contributed by atoms with Crippen LogP contribution in [0.5, 0.6) is 0 Å². The minimum absolute atomic E-state index is 0.928. The van der Waals surface area contributed by atoms with E-state index in [4.69, 9.17) is 4.98 Å². The molecule has 0 radical (unpaired) electrons. The van der Waals surface area contributed by atoms with Crippen LogP contribution in [0.15, 0.2) is 51.4 Å². The highest BCUT2D eigenvalue weighted by Gasteiger charge is 2.09. The highest BCUT2D eigenvalue weighted by Crippen LogP contribution is 2.32. The van der Waals surface area contributed by atoms with Gasteiger partial charge in [0.1, 0.15) is 5.65 Å². The van der Waals surface area contributed by atoms with E-state index in [1.807, 2.05) is 12.1 Å². The number of nitrogens with zero attached hydrogens (tertiary/aromatic N) is 1. The van der Waals surface area contributed by atoms with Gasteiger partial charge in [-0.2, -0.15) is 0 Å². The molecule has 0 saturated heterocycles. The van der Waals surface area contributed by atoms with Crippen LogP contribution in [0.3, 0.4) is 0 Å². The Morgan fingerprint density at radius 3 is 2.68 bits per heavy atom. The Kier molecular flexibility index (Phi) is 2.44. The first-order valence-corrected chi connectivity index (χ1v) is 7.47. The number of rotatable bonds is 0. The number of pyridine rings is 1. The predicted molar refractivity (Wildman–Crippen MR) is 86.5 cm³/mol. The van der Waals surface area contributed by atoms with E-state index in [2.05, 4.69) is 67.2 Å². The zero-order valence-electron chi connectivity index (χ0n) is 9.74. The zero-order chi connectivity index (χ0) is 13.0. The molecule has 4 aromatic rings. The van der Waals surface area contributed by atoms with Gasteiger partial charge in [0.05, 0.1) is 5.52 Å². The molecular formula is C15H8Br2N2. The summed E-state index contributed by atoms with van der Waals surface area (Å²) >= 11 is 7.09. The van der Waals surface area contributed by atoms with Crippen molar-refractivity contribution < 1.29 is 0 Å². The lowest BCUT2D eigenvalue weighted by atomic mass is 10.1. The number of hydrogen-bond acceptors (Lipinski definition) is 1. The molecule has 2 nitrogen and oxygen atoms in total.